The Kier molecular flexibility index (Phi) is 4.62. The Morgan fingerprint density at radius 1 is 1.24 bits per heavy atom. The van der Waals surface area contributed by atoms with Crippen LogP contribution < -0.4 is 11.1 Å². The molecule has 3 heterocycles. The summed E-state index contributed by atoms with van der Waals surface area (Å²) in [5, 5.41) is 10.4. The van der Waals surface area contributed by atoms with Crippen molar-refractivity contribution in [3.05, 3.63) is 17.8 Å². The van der Waals surface area contributed by atoms with Crippen LogP contribution in [0.25, 0.3) is 11.5 Å². The van der Waals surface area contributed by atoms with Gasteiger partial charge in [0.15, 0.2) is 0 Å². The van der Waals surface area contributed by atoms with E-state index in [0.717, 1.165) is 38.1 Å². The Labute approximate surface area is 164 Å². The van der Waals surface area contributed by atoms with E-state index in [1.165, 1.54) is 12.8 Å². The highest BCUT2D eigenvalue weighted by molar-refractivity contribution is 5.83. The van der Waals surface area contributed by atoms with Crippen molar-refractivity contribution < 1.29 is 22.4 Å². The molecule has 156 valence electrons. The van der Waals surface area contributed by atoms with E-state index in [2.05, 4.69) is 20.5 Å². The minimum absolute atomic E-state index is 0.0178. The van der Waals surface area contributed by atoms with Gasteiger partial charge in [0, 0.05) is 13.1 Å². The molecule has 2 fully saturated rings. The molecular formula is C18H21F3N6O2. The maximum atomic E-state index is 12.7. The van der Waals surface area contributed by atoms with Crippen LogP contribution in [0.1, 0.15) is 38.3 Å². The van der Waals surface area contributed by atoms with Gasteiger partial charge in [-0.05, 0) is 50.2 Å². The molecule has 8 nitrogen and oxygen atoms in total. The van der Waals surface area contributed by atoms with Crippen LogP contribution in [0.4, 0.5) is 25.0 Å². The molecule has 1 aliphatic carbocycles. The van der Waals surface area contributed by atoms with E-state index in [1.54, 1.807) is 6.92 Å². The van der Waals surface area contributed by atoms with E-state index in [1.807, 2.05) is 4.90 Å². The molecule has 1 atom stereocenters. The number of amides is 1. The molecule has 2 aromatic rings. The van der Waals surface area contributed by atoms with Crippen molar-refractivity contribution in [2.75, 3.05) is 24.1 Å². The largest absolute Gasteiger partial charge is 0.433 e. The number of hydrogen-bond donors (Lipinski definition) is 2. The van der Waals surface area contributed by atoms with Gasteiger partial charge in [-0.25, -0.2) is 4.98 Å². The molecule has 29 heavy (non-hydrogen) atoms. The van der Waals surface area contributed by atoms with Crippen LogP contribution in [0.3, 0.4) is 0 Å². The van der Waals surface area contributed by atoms with Crippen molar-refractivity contribution >= 4 is 17.7 Å². The summed E-state index contributed by atoms with van der Waals surface area (Å²) < 4.78 is 43.5. The van der Waals surface area contributed by atoms with Gasteiger partial charge in [-0.1, -0.05) is 5.10 Å². The van der Waals surface area contributed by atoms with E-state index < -0.39 is 17.9 Å². The number of halogens is 3. The van der Waals surface area contributed by atoms with Gasteiger partial charge in [0.05, 0.1) is 5.56 Å². The van der Waals surface area contributed by atoms with Gasteiger partial charge in [-0.2, -0.15) is 13.2 Å². The van der Waals surface area contributed by atoms with Crippen LogP contribution in [0, 0.1) is 5.41 Å². The molecule has 3 N–H and O–H groups in total. The number of carbonyl (C=O) groups excluding carboxylic acids is 1. The summed E-state index contributed by atoms with van der Waals surface area (Å²) in [6.45, 7) is 3.18. The third-order valence-electron chi connectivity index (χ3n) is 5.67. The monoisotopic (exact) mass is 410 g/mol. The highest BCUT2D eigenvalue weighted by Crippen LogP contribution is 2.53. The van der Waals surface area contributed by atoms with Crippen LogP contribution in [-0.4, -0.2) is 45.1 Å². The van der Waals surface area contributed by atoms with E-state index >= 15 is 0 Å². The van der Waals surface area contributed by atoms with Crippen molar-refractivity contribution in [2.45, 2.75) is 44.8 Å². The lowest BCUT2D eigenvalue weighted by atomic mass is 9.93. The molecular weight excluding hydrogens is 389 g/mol. The Bertz CT molecular complexity index is 915. The van der Waals surface area contributed by atoms with E-state index in [4.69, 9.17) is 10.2 Å². The summed E-state index contributed by atoms with van der Waals surface area (Å²) in [5.74, 6) is -0.517. The number of alkyl halides is 3. The number of nitrogens with two attached hydrogens (primary N) is 1. The van der Waals surface area contributed by atoms with Gasteiger partial charge in [-0.3, -0.25) is 4.79 Å². The number of aromatic nitrogens is 3. The SMILES string of the molecule is C[C@H](Nc1nnc(-c2ccc(C(F)(F)F)nc2N)o1)C(=O)N1CCC2(CC1)CC2. The quantitative estimate of drug-likeness (QED) is 0.797. The number of hydrogen-bond acceptors (Lipinski definition) is 7. The second-order valence-corrected chi connectivity index (χ2v) is 7.73. The van der Waals surface area contributed by atoms with Gasteiger partial charge >= 0.3 is 12.2 Å². The molecule has 4 rings (SSSR count). The normalized spacial score (nSPS) is 19.2. The van der Waals surface area contributed by atoms with Gasteiger partial charge < -0.3 is 20.4 Å². The molecule has 0 bridgehead atoms. The molecule has 2 aliphatic rings. The molecule has 0 aromatic carbocycles. The summed E-state index contributed by atoms with van der Waals surface area (Å²) in [5.41, 5.74) is 5.07. The Morgan fingerprint density at radius 3 is 2.52 bits per heavy atom. The maximum absolute atomic E-state index is 12.7. The third kappa shape index (κ3) is 3.99. The van der Waals surface area contributed by atoms with E-state index in [0.29, 0.717) is 5.41 Å². The molecule has 1 spiro atoms. The molecule has 1 saturated heterocycles. The highest BCUT2D eigenvalue weighted by atomic mass is 19.4. The van der Waals surface area contributed by atoms with Crippen LogP contribution in [-0.2, 0) is 11.0 Å². The maximum Gasteiger partial charge on any atom is 0.433 e. The van der Waals surface area contributed by atoms with Crippen molar-refractivity contribution in [3.63, 3.8) is 0 Å². The second-order valence-electron chi connectivity index (χ2n) is 7.73. The molecule has 1 amide bonds. The first-order chi connectivity index (χ1) is 13.7. The number of carbonyl (C=O) groups is 1. The summed E-state index contributed by atoms with van der Waals surface area (Å²) >= 11 is 0. The van der Waals surface area contributed by atoms with Gasteiger partial charge in [0.2, 0.25) is 5.91 Å². The summed E-state index contributed by atoms with van der Waals surface area (Å²) in [6, 6.07) is 1.31. The van der Waals surface area contributed by atoms with E-state index in [-0.39, 0.29) is 29.2 Å². The van der Waals surface area contributed by atoms with Crippen molar-refractivity contribution in [1.82, 2.24) is 20.1 Å². The number of rotatable bonds is 4. The van der Waals surface area contributed by atoms with Crippen LogP contribution >= 0.6 is 0 Å². The van der Waals surface area contributed by atoms with Crippen molar-refractivity contribution in [1.29, 1.82) is 0 Å². The van der Waals surface area contributed by atoms with Gasteiger partial charge in [0.1, 0.15) is 17.6 Å². The van der Waals surface area contributed by atoms with Gasteiger partial charge in [0.25, 0.3) is 5.89 Å². The number of piperidine rings is 1. The molecule has 2 aromatic heterocycles. The first-order valence-electron chi connectivity index (χ1n) is 9.40. The summed E-state index contributed by atoms with van der Waals surface area (Å²) in [7, 11) is 0. The fraction of sp³-hybridized carbons (Fsp3) is 0.556. The number of nitrogens with one attached hydrogen (secondary N) is 1. The molecule has 11 heteroatoms. The lowest BCUT2D eigenvalue weighted by Gasteiger charge is -2.33. The number of likely N-dealkylation sites (tertiary alicyclic amines) is 1. The fourth-order valence-corrected chi connectivity index (χ4v) is 3.60. The molecule has 1 saturated carbocycles. The van der Waals surface area contributed by atoms with Gasteiger partial charge in [-0.15, -0.1) is 5.10 Å². The average molecular weight is 410 g/mol. The molecule has 1 aliphatic heterocycles. The Balaban J connectivity index is 1.40. The van der Waals surface area contributed by atoms with Crippen molar-refractivity contribution in [3.8, 4) is 11.5 Å². The minimum Gasteiger partial charge on any atom is -0.403 e. The summed E-state index contributed by atoms with van der Waals surface area (Å²) in [4.78, 5) is 17.8. The summed E-state index contributed by atoms with van der Waals surface area (Å²) in [6.07, 6.45) is -0.00456. The minimum atomic E-state index is -4.60. The fourth-order valence-electron chi connectivity index (χ4n) is 3.60. The lowest BCUT2D eigenvalue weighted by Crippen LogP contribution is -2.45. The molecule has 0 unspecified atom stereocenters. The zero-order chi connectivity index (χ0) is 20.8. The zero-order valence-corrected chi connectivity index (χ0v) is 15.8. The number of anilines is 2. The molecule has 0 radical (unpaired) electrons. The number of nitrogens with zero attached hydrogens (tertiary/aromatic N) is 4. The van der Waals surface area contributed by atoms with Crippen molar-refractivity contribution in [2.24, 2.45) is 5.41 Å². The standard InChI is InChI=1S/C18H21F3N6O2/c1-10(15(28)27-8-6-17(4-5-17)7-9-27)23-16-26-25-14(29-16)11-2-3-12(18(19,20)21)24-13(11)22/h2-3,10H,4-9H2,1H3,(H2,22,24)(H,23,26)/t10-/m0/s1. The average Bonchev–Trinajstić information content (AvgIpc) is 3.26. The van der Waals surface area contributed by atoms with E-state index in [9.17, 15) is 18.0 Å². The highest BCUT2D eigenvalue weighted by Gasteiger charge is 2.45. The Hall–Kier alpha value is -2.85. The predicted octanol–water partition coefficient (Wildman–Crippen LogP) is 2.94. The first kappa shape index (κ1) is 19.5. The zero-order valence-electron chi connectivity index (χ0n) is 15.8. The topological polar surface area (TPSA) is 110 Å². The van der Waals surface area contributed by atoms with Crippen LogP contribution in [0.2, 0.25) is 0 Å². The Morgan fingerprint density at radius 2 is 1.93 bits per heavy atom. The lowest BCUT2D eigenvalue weighted by molar-refractivity contribution is -0.141. The number of pyridine rings is 1. The van der Waals surface area contributed by atoms with Crippen LogP contribution in [0.5, 0.6) is 0 Å². The third-order valence-corrected chi connectivity index (χ3v) is 5.67. The first-order valence-corrected chi connectivity index (χ1v) is 9.40. The van der Waals surface area contributed by atoms with Crippen LogP contribution in [0.15, 0.2) is 16.5 Å². The predicted molar refractivity (Wildman–Crippen MR) is 97.5 cm³/mol. The number of nitrogen functional groups attached to an aromatic ring is 1. The smallest absolute Gasteiger partial charge is 0.403 e. The second kappa shape index (κ2) is 6.89.